The van der Waals surface area contributed by atoms with E-state index in [2.05, 4.69) is 71.0 Å². The molecule has 1 unspecified atom stereocenters. The van der Waals surface area contributed by atoms with Crippen LogP contribution in [-0.4, -0.2) is 22.1 Å². The second-order valence-electron chi connectivity index (χ2n) is 8.13. The van der Waals surface area contributed by atoms with Gasteiger partial charge in [0, 0.05) is 29.0 Å². The molecule has 0 radical (unpaired) electrons. The van der Waals surface area contributed by atoms with Crippen molar-refractivity contribution in [2.75, 3.05) is 11.9 Å². The van der Waals surface area contributed by atoms with E-state index in [1.54, 1.807) is 23.5 Å². The molecule has 0 bridgehead atoms. The molecule has 1 aliphatic rings. The van der Waals surface area contributed by atoms with E-state index in [0.29, 0.717) is 18.3 Å². The molecule has 0 saturated carbocycles. The number of amidine groups is 1. The predicted octanol–water partition coefficient (Wildman–Crippen LogP) is 5.69. The number of hydrogen-bond acceptors (Lipinski definition) is 4. The first-order valence-electron chi connectivity index (χ1n) is 10.6. The Morgan fingerprint density at radius 2 is 1.87 bits per heavy atom. The predicted molar refractivity (Wildman–Crippen MR) is 129 cm³/mol. The van der Waals surface area contributed by atoms with Gasteiger partial charge in [0.15, 0.2) is 0 Å². The summed E-state index contributed by atoms with van der Waals surface area (Å²) in [4.78, 5) is 4.95. The summed E-state index contributed by atoms with van der Waals surface area (Å²) in [5.74, 6) is 2.32. The van der Waals surface area contributed by atoms with Gasteiger partial charge >= 0.3 is 0 Å². The highest BCUT2D eigenvalue weighted by Crippen LogP contribution is 2.35. The number of thiophene rings is 1. The molecule has 0 amide bonds. The molecular formula is C25H26N4OS. The molecule has 0 fully saturated rings. The molecule has 2 aromatic heterocycles. The largest absolute Gasteiger partial charge is 0.508 e. The Morgan fingerprint density at radius 1 is 1.06 bits per heavy atom. The van der Waals surface area contributed by atoms with Crippen molar-refractivity contribution in [1.82, 2.24) is 9.88 Å². The highest BCUT2D eigenvalue weighted by atomic mass is 32.1. The van der Waals surface area contributed by atoms with E-state index in [0.717, 1.165) is 29.2 Å². The molecule has 6 heteroatoms. The van der Waals surface area contributed by atoms with Gasteiger partial charge in [-0.15, -0.1) is 11.3 Å². The van der Waals surface area contributed by atoms with Crippen LogP contribution in [0.5, 0.6) is 5.75 Å². The number of phenolic OH excluding ortho intramolecular Hbond substituents is 1. The Morgan fingerprint density at radius 3 is 2.68 bits per heavy atom. The van der Waals surface area contributed by atoms with Gasteiger partial charge in [0.2, 0.25) is 0 Å². The zero-order valence-corrected chi connectivity index (χ0v) is 18.5. The van der Waals surface area contributed by atoms with E-state index in [-0.39, 0.29) is 6.17 Å². The van der Waals surface area contributed by atoms with Crippen LogP contribution in [0.3, 0.4) is 0 Å². The van der Waals surface area contributed by atoms with Gasteiger partial charge in [-0.1, -0.05) is 30.3 Å². The highest BCUT2D eigenvalue weighted by Gasteiger charge is 2.28. The number of benzene rings is 2. The summed E-state index contributed by atoms with van der Waals surface area (Å²) in [5, 5.41) is 20.4. The minimum absolute atomic E-state index is 0.0385. The lowest BCUT2D eigenvalue weighted by Crippen LogP contribution is -2.39. The molecule has 5 nitrogen and oxygen atoms in total. The van der Waals surface area contributed by atoms with E-state index in [9.17, 15) is 5.11 Å². The van der Waals surface area contributed by atoms with Gasteiger partial charge in [-0.25, -0.2) is 0 Å². The number of aliphatic imine (C=N–C) groups is 1. The fraction of sp³-hybridized carbons (Fsp3) is 0.240. The third-order valence-electron chi connectivity index (χ3n) is 5.72. The topological polar surface area (TPSA) is 61.6 Å². The second-order valence-corrected chi connectivity index (χ2v) is 9.05. The van der Waals surface area contributed by atoms with E-state index in [1.807, 2.05) is 12.1 Å². The maximum atomic E-state index is 9.49. The number of fused-ring (bicyclic) bond motifs is 2. The summed E-state index contributed by atoms with van der Waals surface area (Å²) in [6.45, 7) is 5.07. The zero-order chi connectivity index (χ0) is 21.4. The highest BCUT2D eigenvalue weighted by molar-refractivity contribution is 7.17. The molecule has 3 N–H and O–H groups in total. The normalized spacial score (nSPS) is 17.0. The fourth-order valence-electron chi connectivity index (χ4n) is 4.08. The van der Waals surface area contributed by atoms with E-state index in [4.69, 9.17) is 4.99 Å². The molecule has 0 spiro atoms. The third-order valence-corrected chi connectivity index (χ3v) is 6.70. The first-order valence-corrected chi connectivity index (χ1v) is 11.5. The Balaban J connectivity index is 1.47. The molecule has 2 aromatic carbocycles. The minimum atomic E-state index is -0.0385. The van der Waals surface area contributed by atoms with E-state index >= 15 is 0 Å². The lowest BCUT2D eigenvalue weighted by molar-refractivity contribution is 0.475. The minimum Gasteiger partial charge on any atom is -0.508 e. The second kappa shape index (κ2) is 8.12. The van der Waals surface area contributed by atoms with Gasteiger partial charge in [-0.3, -0.25) is 4.99 Å². The number of hydrogen-bond donors (Lipinski definition) is 3. The summed E-state index contributed by atoms with van der Waals surface area (Å²) >= 11 is 1.77. The van der Waals surface area contributed by atoms with Crippen molar-refractivity contribution in [3.63, 3.8) is 0 Å². The van der Waals surface area contributed by atoms with Crippen LogP contribution >= 0.6 is 11.3 Å². The van der Waals surface area contributed by atoms with Crippen molar-refractivity contribution < 1.29 is 5.11 Å². The van der Waals surface area contributed by atoms with E-state index < -0.39 is 0 Å². The van der Waals surface area contributed by atoms with Crippen LogP contribution in [0.1, 0.15) is 42.7 Å². The first kappa shape index (κ1) is 19.7. The molecule has 1 atom stereocenters. The number of aromatic hydroxyl groups is 1. The lowest BCUT2D eigenvalue weighted by Gasteiger charge is -2.30. The zero-order valence-electron chi connectivity index (χ0n) is 17.7. The molecule has 158 valence electrons. The Bertz CT molecular complexity index is 1240. The number of nitrogens with one attached hydrogen (secondary N) is 2. The number of anilines is 1. The SMILES string of the molecule is CC(C)n1ccc2c1NC(c1csc3ccccc13)NC2=NCCc1ccc(O)cc1. The van der Waals surface area contributed by atoms with Crippen molar-refractivity contribution >= 4 is 33.1 Å². The van der Waals surface area contributed by atoms with Gasteiger partial charge in [-0.05, 0) is 60.9 Å². The Kier molecular flexibility index (Phi) is 5.16. The fourth-order valence-corrected chi connectivity index (χ4v) is 5.06. The third kappa shape index (κ3) is 3.79. The lowest BCUT2D eigenvalue weighted by atomic mass is 10.1. The summed E-state index contributed by atoms with van der Waals surface area (Å²) in [6.07, 6.45) is 2.92. The number of rotatable bonds is 5. The molecule has 1 aliphatic heterocycles. The van der Waals surface area contributed by atoms with Gasteiger partial charge in [0.25, 0.3) is 0 Å². The smallest absolute Gasteiger partial charge is 0.133 e. The van der Waals surface area contributed by atoms with Crippen LogP contribution in [0, 0.1) is 0 Å². The van der Waals surface area contributed by atoms with Crippen molar-refractivity contribution in [3.05, 3.63) is 82.9 Å². The maximum absolute atomic E-state index is 9.49. The van der Waals surface area contributed by atoms with E-state index in [1.165, 1.54) is 15.6 Å². The first-order chi connectivity index (χ1) is 15.1. The molecule has 31 heavy (non-hydrogen) atoms. The Labute approximate surface area is 186 Å². The van der Waals surface area contributed by atoms with Crippen molar-refractivity contribution in [2.24, 2.45) is 4.99 Å². The molecule has 5 rings (SSSR count). The van der Waals surface area contributed by atoms with Crippen LogP contribution in [0.4, 0.5) is 5.82 Å². The van der Waals surface area contributed by atoms with Gasteiger partial charge in [-0.2, -0.15) is 0 Å². The number of nitrogens with zero attached hydrogens (tertiary/aromatic N) is 2. The van der Waals surface area contributed by atoms with Crippen molar-refractivity contribution in [3.8, 4) is 5.75 Å². The monoisotopic (exact) mass is 430 g/mol. The molecule has 0 aliphatic carbocycles. The molecule has 4 aromatic rings. The van der Waals surface area contributed by atoms with Gasteiger partial charge in [0.05, 0.1) is 5.56 Å². The molecule has 0 saturated heterocycles. The summed E-state index contributed by atoms with van der Waals surface area (Å²) in [5.41, 5.74) is 3.51. The Hall–Kier alpha value is -3.25. The standard InChI is InChI=1S/C25H26N4OS/c1-16(2)29-14-12-20-23(26-13-11-17-7-9-18(30)10-8-17)27-24(28-25(20)29)21-15-31-22-6-4-3-5-19(21)22/h3-10,12,14-16,24,28,30H,11,13H2,1-2H3,(H,26,27). The van der Waals surface area contributed by atoms with Crippen molar-refractivity contribution in [1.29, 1.82) is 0 Å². The van der Waals surface area contributed by atoms with Crippen LogP contribution in [0.2, 0.25) is 0 Å². The molecular weight excluding hydrogens is 404 g/mol. The summed E-state index contributed by atoms with van der Waals surface area (Å²) in [7, 11) is 0. The van der Waals surface area contributed by atoms with Crippen LogP contribution in [0.15, 0.2) is 71.2 Å². The quantitative estimate of drug-likeness (QED) is 0.381. The summed E-state index contributed by atoms with van der Waals surface area (Å²) in [6, 6.07) is 18.4. The van der Waals surface area contributed by atoms with Crippen LogP contribution < -0.4 is 10.6 Å². The van der Waals surface area contributed by atoms with Gasteiger partial charge < -0.3 is 20.3 Å². The average molecular weight is 431 g/mol. The van der Waals surface area contributed by atoms with Crippen LogP contribution in [0.25, 0.3) is 10.1 Å². The molecule has 3 heterocycles. The van der Waals surface area contributed by atoms with Gasteiger partial charge in [0.1, 0.15) is 23.6 Å². The van der Waals surface area contributed by atoms with Crippen molar-refractivity contribution in [2.45, 2.75) is 32.5 Å². The summed E-state index contributed by atoms with van der Waals surface area (Å²) < 4.78 is 3.56. The number of phenols is 1. The maximum Gasteiger partial charge on any atom is 0.133 e. The number of aromatic nitrogens is 1. The average Bonchev–Trinajstić information content (AvgIpc) is 3.39. The van der Waals surface area contributed by atoms with Crippen LogP contribution in [-0.2, 0) is 6.42 Å².